The van der Waals surface area contributed by atoms with Gasteiger partial charge in [-0.2, -0.15) is 0 Å². The van der Waals surface area contributed by atoms with Crippen molar-refractivity contribution in [3.8, 4) is 11.5 Å². The Morgan fingerprint density at radius 3 is 2.60 bits per heavy atom. The maximum absolute atomic E-state index is 13.2. The lowest BCUT2D eigenvalue weighted by Crippen LogP contribution is -2.41. The zero-order valence-electron chi connectivity index (χ0n) is 17.6. The number of ether oxygens (including phenoxy) is 2. The number of carbonyl (C=O) groups is 1. The Bertz CT molecular complexity index is 1040. The lowest BCUT2D eigenvalue weighted by atomic mass is 9.89. The molecule has 1 atom stereocenters. The first kappa shape index (κ1) is 20.0. The van der Waals surface area contributed by atoms with Crippen molar-refractivity contribution in [1.29, 1.82) is 0 Å². The van der Waals surface area contributed by atoms with Crippen molar-refractivity contribution in [3.63, 3.8) is 0 Å². The molecule has 0 spiro atoms. The fraction of sp³-hybridized carbons (Fsp3) is 0.269. The molecule has 1 heterocycles. The number of benzene rings is 3. The van der Waals surface area contributed by atoms with E-state index in [1.165, 1.54) is 0 Å². The predicted octanol–water partition coefficient (Wildman–Crippen LogP) is 5.61. The molecule has 0 radical (unpaired) electrons. The molecule has 0 saturated heterocycles. The van der Waals surface area contributed by atoms with Gasteiger partial charge in [0.25, 0.3) is 5.91 Å². The van der Waals surface area contributed by atoms with Crippen LogP contribution in [0.15, 0.2) is 72.8 Å². The van der Waals surface area contributed by atoms with Gasteiger partial charge in [-0.15, -0.1) is 0 Å². The molecule has 0 saturated carbocycles. The standard InChI is InChI=1S/C26H27NO3/c1-18-13-14-20-22(16-26(2,3)30-24(20)15-18)27-25(28)21-11-7-8-12-23(21)29-17-19-9-5-4-6-10-19/h4-15,22H,16-17H2,1-3H3,(H,27,28). The van der Waals surface area contributed by atoms with E-state index in [1.54, 1.807) is 6.07 Å². The second-order valence-corrected chi connectivity index (χ2v) is 8.40. The van der Waals surface area contributed by atoms with Crippen LogP contribution in [-0.2, 0) is 6.61 Å². The van der Waals surface area contributed by atoms with Crippen LogP contribution in [0, 0.1) is 6.92 Å². The molecular weight excluding hydrogens is 374 g/mol. The number of aryl methyl sites for hydroxylation is 1. The minimum absolute atomic E-state index is 0.126. The summed E-state index contributed by atoms with van der Waals surface area (Å²) in [5, 5.41) is 3.21. The van der Waals surface area contributed by atoms with Crippen molar-refractivity contribution in [1.82, 2.24) is 5.32 Å². The van der Waals surface area contributed by atoms with Crippen LogP contribution in [0.5, 0.6) is 11.5 Å². The van der Waals surface area contributed by atoms with E-state index in [-0.39, 0.29) is 17.6 Å². The van der Waals surface area contributed by atoms with E-state index in [2.05, 4.69) is 11.4 Å². The third kappa shape index (κ3) is 4.48. The summed E-state index contributed by atoms with van der Waals surface area (Å²) in [5.41, 5.74) is 3.38. The summed E-state index contributed by atoms with van der Waals surface area (Å²) in [6.07, 6.45) is 0.696. The van der Waals surface area contributed by atoms with Crippen molar-refractivity contribution in [2.45, 2.75) is 45.4 Å². The number of para-hydroxylation sites is 1. The maximum Gasteiger partial charge on any atom is 0.255 e. The molecule has 1 aliphatic heterocycles. The number of hydrogen-bond acceptors (Lipinski definition) is 3. The zero-order valence-corrected chi connectivity index (χ0v) is 17.6. The minimum atomic E-state index is -0.359. The van der Waals surface area contributed by atoms with Gasteiger partial charge in [0, 0.05) is 12.0 Å². The van der Waals surface area contributed by atoms with E-state index in [0.29, 0.717) is 24.3 Å². The second-order valence-electron chi connectivity index (χ2n) is 8.40. The Morgan fingerprint density at radius 1 is 1.07 bits per heavy atom. The molecule has 154 valence electrons. The Morgan fingerprint density at radius 2 is 1.80 bits per heavy atom. The van der Waals surface area contributed by atoms with Crippen LogP contribution in [0.3, 0.4) is 0 Å². The minimum Gasteiger partial charge on any atom is -0.488 e. The van der Waals surface area contributed by atoms with Crippen LogP contribution in [0.4, 0.5) is 0 Å². The molecule has 0 aliphatic carbocycles. The maximum atomic E-state index is 13.2. The van der Waals surface area contributed by atoms with Crippen LogP contribution in [-0.4, -0.2) is 11.5 Å². The normalized spacial score (nSPS) is 16.8. The Balaban J connectivity index is 1.55. The van der Waals surface area contributed by atoms with Gasteiger partial charge in [0.2, 0.25) is 0 Å². The van der Waals surface area contributed by atoms with Crippen molar-refractivity contribution < 1.29 is 14.3 Å². The summed E-state index contributed by atoms with van der Waals surface area (Å²) in [5.74, 6) is 1.27. The van der Waals surface area contributed by atoms with E-state index in [9.17, 15) is 4.79 Å². The summed E-state index contributed by atoms with van der Waals surface area (Å²) in [6, 6.07) is 23.3. The first-order valence-electron chi connectivity index (χ1n) is 10.3. The molecule has 0 fully saturated rings. The van der Waals surface area contributed by atoms with Gasteiger partial charge < -0.3 is 14.8 Å². The molecular formula is C26H27NO3. The topological polar surface area (TPSA) is 47.6 Å². The molecule has 1 aliphatic rings. The third-order valence-electron chi connectivity index (χ3n) is 5.30. The van der Waals surface area contributed by atoms with Gasteiger partial charge in [-0.3, -0.25) is 4.79 Å². The van der Waals surface area contributed by atoms with Gasteiger partial charge in [0.1, 0.15) is 23.7 Å². The van der Waals surface area contributed by atoms with E-state index in [1.807, 2.05) is 81.4 Å². The van der Waals surface area contributed by atoms with Crippen molar-refractivity contribution in [2.75, 3.05) is 0 Å². The highest BCUT2D eigenvalue weighted by Gasteiger charge is 2.35. The molecule has 4 rings (SSSR count). The molecule has 0 aromatic heterocycles. The number of fused-ring (bicyclic) bond motifs is 1. The van der Waals surface area contributed by atoms with Crippen molar-refractivity contribution in [2.24, 2.45) is 0 Å². The van der Waals surface area contributed by atoms with Crippen LogP contribution < -0.4 is 14.8 Å². The van der Waals surface area contributed by atoms with Gasteiger partial charge in [-0.05, 0) is 50.1 Å². The lowest BCUT2D eigenvalue weighted by molar-refractivity contribution is 0.0618. The van der Waals surface area contributed by atoms with Crippen molar-refractivity contribution in [3.05, 3.63) is 95.1 Å². The molecule has 4 heteroatoms. The molecule has 1 N–H and O–H groups in total. The highest BCUT2D eigenvalue weighted by Crippen LogP contribution is 2.40. The molecule has 3 aromatic rings. The van der Waals surface area contributed by atoms with Crippen LogP contribution in [0.2, 0.25) is 0 Å². The van der Waals surface area contributed by atoms with Gasteiger partial charge in [-0.25, -0.2) is 0 Å². The monoisotopic (exact) mass is 401 g/mol. The first-order chi connectivity index (χ1) is 14.4. The van der Waals surface area contributed by atoms with Gasteiger partial charge in [0.05, 0.1) is 11.6 Å². The smallest absolute Gasteiger partial charge is 0.255 e. The van der Waals surface area contributed by atoms with E-state index >= 15 is 0 Å². The summed E-state index contributed by atoms with van der Waals surface area (Å²) >= 11 is 0. The largest absolute Gasteiger partial charge is 0.488 e. The third-order valence-corrected chi connectivity index (χ3v) is 5.30. The quantitative estimate of drug-likeness (QED) is 0.605. The zero-order chi connectivity index (χ0) is 21.1. The lowest BCUT2D eigenvalue weighted by Gasteiger charge is -2.38. The predicted molar refractivity (Wildman–Crippen MR) is 118 cm³/mol. The summed E-state index contributed by atoms with van der Waals surface area (Å²) < 4.78 is 12.1. The van der Waals surface area contributed by atoms with Gasteiger partial charge in [-0.1, -0.05) is 54.6 Å². The van der Waals surface area contributed by atoms with E-state index in [4.69, 9.17) is 9.47 Å². The molecule has 0 bridgehead atoms. The highest BCUT2D eigenvalue weighted by atomic mass is 16.5. The molecule has 4 nitrogen and oxygen atoms in total. The molecule has 3 aromatic carbocycles. The van der Waals surface area contributed by atoms with Crippen LogP contribution in [0.1, 0.15) is 53.4 Å². The highest BCUT2D eigenvalue weighted by molar-refractivity contribution is 5.97. The van der Waals surface area contributed by atoms with Crippen LogP contribution >= 0.6 is 0 Å². The van der Waals surface area contributed by atoms with Crippen molar-refractivity contribution >= 4 is 5.91 Å². The Kier molecular flexibility index (Phi) is 5.49. The number of hydrogen-bond donors (Lipinski definition) is 1. The Labute approximate surface area is 177 Å². The number of rotatable bonds is 5. The Hall–Kier alpha value is -3.27. The van der Waals surface area contributed by atoms with Crippen LogP contribution in [0.25, 0.3) is 0 Å². The van der Waals surface area contributed by atoms with E-state index in [0.717, 1.165) is 22.4 Å². The fourth-order valence-corrected chi connectivity index (χ4v) is 3.84. The average molecular weight is 402 g/mol. The van der Waals surface area contributed by atoms with Gasteiger partial charge >= 0.3 is 0 Å². The summed E-state index contributed by atoms with van der Waals surface area (Å²) in [7, 11) is 0. The van der Waals surface area contributed by atoms with E-state index < -0.39 is 0 Å². The number of carbonyl (C=O) groups excluding carboxylic acids is 1. The average Bonchev–Trinajstić information content (AvgIpc) is 2.72. The van der Waals surface area contributed by atoms with Gasteiger partial charge in [0.15, 0.2) is 0 Å². The first-order valence-corrected chi connectivity index (χ1v) is 10.3. The molecule has 1 unspecified atom stereocenters. The molecule has 1 amide bonds. The number of amides is 1. The summed E-state index contributed by atoms with van der Waals surface area (Å²) in [4.78, 5) is 13.2. The number of nitrogens with one attached hydrogen (secondary N) is 1. The second kappa shape index (κ2) is 8.23. The fourth-order valence-electron chi connectivity index (χ4n) is 3.84. The summed E-state index contributed by atoms with van der Waals surface area (Å²) in [6.45, 7) is 6.55. The molecule has 30 heavy (non-hydrogen) atoms. The SMILES string of the molecule is Cc1ccc2c(c1)OC(C)(C)CC2NC(=O)c1ccccc1OCc1ccccc1.